The van der Waals surface area contributed by atoms with Crippen molar-refractivity contribution >= 4 is 19.1 Å². The molecule has 0 saturated heterocycles. The first-order chi connectivity index (χ1) is 7.34. The molecule has 0 aliphatic heterocycles. The van der Waals surface area contributed by atoms with Crippen molar-refractivity contribution in [2.45, 2.75) is 38.9 Å². The summed E-state index contributed by atoms with van der Waals surface area (Å²) < 4.78 is 2.53. The minimum Gasteiger partial charge on any atom is -0.374 e. The summed E-state index contributed by atoms with van der Waals surface area (Å²) in [6.07, 6.45) is 2.27. The van der Waals surface area contributed by atoms with Crippen LogP contribution in [0.25, 0.3) is 10.9 Å². The first-order valence-electron chi connectivity index (χ1n) is 5.90. The predicted octanol–water partition coefficient (Wildman–Crippen LogP) is 4.49. The van der Waals surface area contributed by atoms with Gasteiger partial charge in [-0.3, -0.25) is 0 Å². The van der Waals surface area contributed by atoms with Crippen molar-refractivity contribution in [2.24, 2.45) is 0 Å². The van der Waals surface area contributed by atoms with E-state index in [1.807, 2.05) is 0 Å². The molecule has 1 aromatic carbocycles. The second kappa shape index (κ2) is 3.49. The van der Waals surface area contributed by atoms with Gasteiger partial charge in [-0.05, 0) is 28.8 Å². The van der Waals surface area contributed by atoms with Gasteiger partial charge in [0.15, 0.2) is 8.24 Å². The molecule has 2 aromatic rings. The molecule has 1 heterocycles. The summed E-state index contributed by atoms with van der Waals surface area (Å²) in [6.45, 7) is 12.0. The minimum absolute atomic E-state index is 0.370. The SMILES string of the molecule is CC(C)(C)[Si](C)(C)n1ccc2ccccc21. The second-order valence-electron chi connectivity index (χ2n) is 6.05. The molecular formula is C14H21NSi. The zero-order chi connectivity index (χ0) is 12.0. The zero-order valence-corrected chi connectivity index (χ0v) is 11.9. The number of nitrogens with zero attached hydrogens (tertiary/aromatic N) is 1. The van der Waals surface area contributed by atoms with Crippen molar-refractivity contribution in [3.8, 4) is 0 Å². The first kappa shape index (κ1) is 11.5. The fraction of sp³-hybridized carbons (Fsp3) is 0.429. The van der Waals surface area contributed by atoms with Gasteiger partial charge in [0.2, 0.25) is 0 Å². The molecule has 0 radical (unpaired) electrons. The van der Waals surface area contributed by atoms with E-state index in [1.165, 1.54) is 10.9 Å². The van der Waals surface area contributed by atoms with Crippen LogP contribution in [0.4, 0.5) is 0 Å². The Labute approximate surface area is 99.2 Å². The molecule has 0 fully saturated rings. The average Bonchev–Trinajstić information content (AvgIpc) is 2.59. The van der Waals surface area contributed by atoms with Crippen LogP contribution in [0, 0.1) is 0 Å². The molecule has 0 aliphatic carbocycles. The average molecular weight is 231 g/mol. The zero-order valence-electron chi connectivity index (χ0n) is 10.9. The van der Waals surface area contributed by atoms with Crippen LogP contribution in [0.2, 0.25) is 18.1 Å². The van der Waals surface area contributed by atoms with Crippen LogP contribution >= 0.6 is 0 Å². The number of hydrogen-bond acceptors (Lipinski definition) is 0. The molecule has 0 unspecified atom stereocenters. The highest BCUT2D eigenvalue weighted by Crippen LogP contribution is 2.38. The normalized spacial score (nSPS) is 13.3. The van der Waals surface area contributed by atoms with Crippen molar-refractivity contribution in [2.75, 3.05) is 0 Å². The van der Waals surface area contributed by atoms with Gasteiger partial charge in [0.05, 0.1) is 0 Å². The summed E-state index contributed by atoms with van der Waals surface area (Å²) in [6, 6.07) is 10.9. The van der Waals surface area contributed by atoms with E-state index < -0.39 is 8.24 Å². The van der Waals surface area contributed by atoms with Gasteiger partial charge in [-0.25, -0.2) is 0 Å². The minimum atomic E-state index is -1.48. The predicted molar refractivity (Wildman–Crippen MR) is 74.5 cm³/mol. The Kier molecular flexibility index (Phi) is 2.50. The highest BCUT2D eigenvalue weighted by molar-refractivity contribution is 6.79. The van der Waals surface area contributed by atoms with Crippen LogP contribution in [0.15, 0.2) is 36.5 Å². The van der Waals surface area contributed by atoms with Crippen molar-refractivity contribution in [1.29, 1.82) is 0 Å². The van der Waals surface area contributed by atoms with Gasteiger partial charge >= 0.3 is 0 Å². The van der Waals surface area contributed by atoms with E-state index in [0.717, 1.165) is 0 Å². The molecule has 1 aromatic heterocycles. The highest BCUT2D eigenvalue weighted by atomic mass is 28.3. The fourth-order valence-corrected chi connectivity index (χ4v) is 3.91. The van der Waals surface area contributed by atoms with Crippen LogP contribution in [0.1, 0.15) is 20.8 Å². The number of fused-ring (bicyclic) bond motifs is 1. The topological polar surface area (TPSA) is 4.93 Å². The van der Waals surface area contributed by atoms with Gasteiger partial charge in [-0.15, -0.1) is 0 Å². The summed E-state index contributed by atoms with van der Waals surface area (Å²) in [5, 5.41) is 1.72. The quantitative estimate of drug-likeness (QED) is 0.637. The van der Waals surface area contributed by atoms with Crippen LogP contribution < -0.4 is 0 Å². The Morgan fingerprint density at radius 1 is 1.00 bits per heavy atom. The molecule has 0 atom stereocenters. The Morgan fingerprint density at radius 2 is 1.62 bits per heavy atom. The van der Waals surface area contributed by atoms with Crippen molar-refractivity contribution in [1.82, 2.24) is 4.23 Å². The molecule has 2 heteroatoms. The van der Waals surface area contributed by atoms with Gasteiger partial charge in [-0.1, -0.05) is 52.1 Å². The summed E-state index contributed by atoms with van der Waals surface area (Å²) in [4.78, 5) is 0. The van der Waals surface area contributed by atoms with Crippen molar-refractivity contribution < 1.29 is 0 Å². The lowest BCUT2D eigenvalue weighted by Crippen LogP contribution is -2.44. The summed E-state index contributed by atoms with van der Waals surface area (Å²) in [7, 11) is -1.48. The molecule has 0 aliphatic rings. The Morgan fingerprint density at radius 3 is 2.25 bits per heavy atom. The Balaban J connectivity index is 2.64. The van der Waals surface area contributed by atoms with Crippen molar-refractivity contribution in [3.63, 3.8) is 0 Å². The van der Waals surface area contributed by atoms with E-state index in [2.05, 4.69) is 74.6 Å². The molecule has 2 rings (SSSR count). The smallest absolute Gasteiger partial charge is 0.161 e. The van der Waals surface area contributed by atoms with Crippen molar-refractivity contribution in [3.05, 3.63) is 36.5 Å². The van der Waals surface area contributed by atoms with Gasteiger partial charge in [0, 0.05) is 5.52 Å². The van der Waals surface area contributed by atoms with E-state index in [4.69, 9.17) is 0 Å². The van der Waals surface area contributed by atoms with E-state index in [9.17, 15) is 0 Å². The van der Waals surface area contributed by atoms with Crippen LogP contribution in [-0.2, 0) is 0 Å². The lowest BCUT2D eigenvalue weighted by molar-refractivity contribution is 0.703. The summed E-state index contributed by atoms with van der Waals surface area (Å²) in [5.74, 6) is 0. The molecule has 16 heavy (non-hydrogen) atoms. The lowest BCUT2D eigenvalue weighted by atomic mass is 10.2. The maximum Gasteiger partial charge on any atom is 0.161 e. The molecule has 0 amide bonds. The van der Waals surface area contributed by atoms with Gasteiger partial charge in [0.25, 0.3) is 0 Å². The number of aromatic nitrogens is 1. The third-order valence-electron chi connectivity index (χ3n) is 4.04. The standard InChI is InChI=1S/C14H21NSi/c1-14(2,3)16(4,5)15-11-10-12-8-6-7-9-13(12)15/h6-11H,1-5H3. The van der Waals surface area contributed by atoms with E-state index in [-0.39, 0.29) is 0 Å². The van der Waals surface area contributed by atoms with Crippen LogP contribution in [0.5, 0.6) is 0 Å². The second-order valence-corrected chi connectivity index (χ2v) is 11.2. The molecule has 1 nitrogen and oxygen atoms in total. The maximum atomic E-state index is 2.53. The number of hydrogen-bond donors (Lipinski definition) is 0. The van der Waals surface area contributed by atoms with Gasteiger partial charge in [0.1, 0.15) is 0 Å². The Bertz CT molecular complexity index is 503. The van der Waals surface area contributed by atoms with E-state index in [1.54, 1.807) is 0 Å². The van der Waals surface area contributed by atoms with Gasteiger partial charge in [-0.2, -0.15) is 0 Å². The molecule has 0 spiro atoms. The Hall–Kier alpha value is -1.02. The summed E-state index contributed by atoms with van der Waals surface area (Å²) >= 11 is 0. The molecule has 0 N–H and O–H groups in total. The van der Waals surface area contributed by atoms with Crippen LogP contribution in [0.3, 0.4) is 0 Å². The maximum absolute atomic E-state index is 2.53. The number of rotatable bonds is 1. The first-order valence-corrected chi connectivity index (χ1v) is 8.85. The molecule has 0 bridgehead atoms. The molecular weight excluding hydrogens is 210 g/mol. The number of para-hydroxylation sites is 1. The molecule has 0 saturated carbocycles. The van der Waals surface area contributed by atoms with Gasteiger partial charge < -0.3 is 4.23 Å². The molecule has 86 valence electrons. The third kappa shape index (κ3) is 1.61. The lowest BCUT2D eigenvalue weighted by Gasteiger charge is -2.38. The monoisotopic (exact) mass is 231 g/mol. The fourth-order valence-electron chi connectivity index (χ4n) is 1.93. The van der Waals surface area contributed by atoms with E-state index >= 15 is 0 Å². The highest BCUT2D eigenvalue weighted by Gasteiger charge is 2.37. The number of benzene rings is 1. The van der Waals surface area contributed by atoms with Crippen LogP contribution in [-0.4, -0.2) is 12.5 Å². The summed E-state index contributed by atoms with van der Waals surface area (Å²) in [5.41, 5.74) is 1.38. The largest absolute Gasteiger partial charge is 0.374 e. The third-order valence-corrected chi connectivity index (χ3v) is 9.30. The van der Waals surface area contributed by atoms with E-state index in [0.29, 0.717) is 5.04 Å².